The second-order valence-electron chi connectivity index (χ2n) is 9.59. The van der Waals surface area contributed by atoms with Gasteiger partial charge in [-0.05, 0) is 66.3 Å². The van der Waals surface area contributed by atoms with Crippen LogP contribution in [-0.2, 0) is 13.1 Å². The van der Waals surface area contributed by atoms with E-state index >= 15 is 0 Å². The summed E-state index contributed by atoms with van der Waals surface area (Å²) in [4.78, 5) is 0. The van der Waals surface area contributed by atoms with Crippen LogP contribution < -0.4 is 10.6 Å². The van der Waals surface area contributed by atoms with Crippen LogP contribution >= 0.6 is 21.6 Å². The van der Waals surface area contributed by atoms with Gasteiger partial charge in [-0.25, -0.2) is 0 Å². The minimum Gasteiger partial charge on any atom is -0.312 e. The van der Waals surface area contributed by atoms with Gasteiger partial charge in [-0.1, -0.05) is 119 Å². The average Bonchev–Trinajstić information content (AvgIpc) is 2.97. The zero-order valence-electron chi connectivity index (χ0n) is 21.5. The Morgan fingerprint density at radius 3 is 1.08 bits per heavy atom. The standard InChI is InChI=1S/C34H32N2S2/c1-5-13-29-25(9-1)21-26-10-2-6-14-30(26)33(29)23-35-17-19-37-38-20-18-36-24-34-31-15-7-3-11-27(31)22-28-12-4-8-16-32(28)34/h1-16,21-22,35-36H,17-20,23-24H2. The van der Waals surface area contributed by atoms with Crippen LogP contribution in [0.2, 0.25) is 0 Å². The number of rotatable bonds is 11. The van der Waals surface area contributed by atoms with E-state index in [2.05, 4.69) is 120 Å². The highest BCUT2D eigenvalue weighted by Gasteiger charge is 2.08. The molecule has 6 aromatic rings. The predicted octanol–water partition coefficient (Wildman–Crippen LogP) is 8.56. The summed E-state index contributed by atoms with van der Waals surface area (Å²) in [5.41, 5.74) is 2.81. The van der Waals surface area contributed by atoms with Crippen LogP contribution in [0.15, 0.2) is 109 Å². The fraction of sp³-hybridized carbons (Fsp3) is 0.176. The molecule has 6 aromatic carbocycles. The molecule has 0 amide bonds. The summed E-state index contributed by atoms with van der Waals surface area (Å²) in [5.74, 6) is 2.20. The molecule has 0 saturated carbocycles. The van der Waals surface area contributed by atoms with Gasteiger partial charge in [0.25, 0.3) is 0 Å². The summed E-state index contributed by atoms with van der Waals surface area (Å²) in [7, 11) is 3.92. The normalized spacial score (nSPS) is 11.7. The molecular formula is C34H32N2S2. The molecule has 0 aliphatic heterocycles. The van der Waals surface area contributed by atoms with Gasteiger partial charge in [-0.15, -0.1) is 0 Å². The van der Waals surface area contributed by atoms with Crippen molar-refractivity contribution in [3.63, 3.8) is 0 Å². The Labute approximate surface area is 232 Å². The van der Waals surface area contributed by atoms with E-state index in [0.717, 1.165) is 37.7 Å². The molecule has 0 unspecified atom stereocenters. The summed E-state index contributed by atoms with van der Waals surface area (Å²) in [6.07, 6.45) is 0. The van der Waals surface area contributed by atoms with Gasteiger partial charge in [-0.3, -0.25) is 0 Å². The lowest BCUT2D eigenvalue weighted by atomic mass is 9.97. The first-order valence-corrected chi connectivity index (χ1v) is 15.8. The lowest BCUT2D eigenvalue weighted by molar-refractivity contribution is 0.739. The molecule has 0 spiro atoms. The second-order valence-corrected chi connectivity index (χ2v) is 12.3. The lowest BCUT2D eigenvalue weighted by Gasteiger charge is -2.13. The van der Waals surface area contributed by atoms with Crippen molar-refractivity contribution in [1.82, 2.24) is 10.6 Å². The number of fused-ring (bicyclic) bond motifs is 4. The molecule has 0 radical (unpaired) electrons. The van der Waals surface area contributed by atoms with Crippen molar-refractivity contribution in [3.05, 3.63) is 120 Å². The minimum absolute atomic E-state index is 0.896. The zero-order valence-corrected chi connectivity index (χ0v) is 23.1. The van der Waals surface area contributed by atoms with Crippen LogP contribution in [-0.4, -0.2) is 24.6 Å². The summed E-state index contributed by atoms with van der Waals surface area (Å²) >= 11 is 0. The van der Waals surface area contributed by atoms with E-state index in [-0.39, 0.29) is 0 Å². The van der Waals surface area contributed by atoms with Gasteiger partial charge in [0.1, 0.15) is 0 Å². The fourth-order valence-electron chi connectivity index (χ4n) is 5.37. The van der Waals surface area contributed by atoms with Gasteiger partial charge in [0.2, 0.25) is 0 Å². The molecule has 0 atom stereocenters. The van der Waals surface area contributed by atoms with Crippen molar-refractivity contribution in [3.8, 4) is 0 Å². The molecule has 0 heterocycles. The van der Waals surface area contributed by atoms with E-state index in [1.165, 1.54) is 54.2 Å². The first-order valence-electron chi connectivity index (χ1n) is 13.3. The highest BCUT2D eigenvalue weighted by atomic mass is 33.1. The monoisotopic (exact) mass is 532 g/mol. The van der Waals surface area contributed by atoms with Crippen LogP contribution in [0.3, 0.4) is 0 Å². The van der Waals surface area contributed by atoms with Gasteiger partial charge in [0.15, 0.2) is 0 Å². The van der Waals surface area contributed by atoms with Crippen LogP contribution in [0, 0.1) is 0 Å². The molecule has 0 aliphatic carbocycles. The Balaban J connectivity index is 0.964. The second kappa shape index (κ2) is 12.2. The topological polar surface area (TPSA) is 24.1 Å². The third-order valence-electron chi connectivity index (χ3n) is 7.18. The van der Waals surface area contributed by atoms with Crippen molar-refractivity contribution in [2.45, 2.75) is 13.1 Å². The van der Waals surface area contributed by atoms with Crippen molar-refractivity contribution >= 4 is 64.7 Å². The van der Waals surface area contributed by atoms with Crippen LogP contribution in [0.4, 0.5) is 0 Å². The minimum atomic E-state index is 0.896. The van der Waals surface area contributed by atoms with Gasteiger partial charge >= 0.3 is 0 Å². The summed E-state index contributed by atoms with van der Waals surface area (Å²) in [6.45, 7) is 3.80. The predicted molar refractivity (Wildman–Crippen MR) is 171 cm³/mol. The Hall–Kier alpha value is -3.02. The first kappa shape index (κ1) is 25.3. The molecule has 2 N–H and O–H groups in total. The zero-order chi connectivity index (χ0) is 25.6. The SMILES string of the molecule is c1ccc2c(CNCCSSCCNCc3c4ccccc4cc4ccccc34)c3ccccc3cc2c1. The van der Waals surface area contributed by atoms with Crippen molar-refractivity contribution in [2.75, 3.05) is 24.6 Å². The molecule has 0 bridgehead atoms. The molecular weight excluding hydrogens is 501 g/mol. The first-order chi connectivity index (χ1) is 18.9. The molecule has 190 valence electrons. The Kier molecular flexibility index (Phi) is 8.13. The van der Waals surface area contributed by atoms with Gasteiger partial charge in [-0.2, -0.15) is 0 Å². The van der Waals surface area contributed by atoms with E-state index in [9.17, 15) is 0 Å². The van der Waals surface area contributed by atoms with Crippen molar-refractivity contribution in [2.24, 2.45) is 0 Å². The fourth-order valence-corrected chi connectivity index (χ4v) is 7.27. The number of nitrogens with one attached hydrogen (secondary N) is 2. The lowest BCUT2D eigenvalue weighted by Crippen LogP contribution is -2.18. The van der Waals surface area contributed by atoms with Gasteiger partial charge < -0.3 is 10.6 Å². The van der Waals surface area contributed by atoms with Gasteiger partial charge in [0, 0.05) is 37.7 Å². The number of hydrogen-bond donors (Lipinski definition) is 2. The summed E-state index contributed by atoms with van der Waals surface area (Å²) in [6, 6.07) is 39.5. The molecule has 4 heteroatoms. The number of hydrogen-bond acceptors (Lipinski definition) is 4. The third-order valence-corrected chi connectivity index (χ3v) is 9.59. The molecule has 6 rings (SSSR count). The maximum atomic E-state index is 3.69. The third kappa shape index (κ3) is 5.55. The van der Waals surface area contributed by atoms with E-state index in [1.54, 1.807) is 0 Å². The Morgan fingerprint density at radius 1 is 0.421 bits per heavy atom. The van der Waals surface area contributed by atoms with Gasteiger partial charge in [0.05, 0.1) is 0 Å². The Morgan fingerprint density at radius 2 is 0.737 bits per heavy atom. The maximum Gasteiger partial charge on any atom is 0.0218 e. The molecule has 38 heavy (non-hydrogen) atoms. The van der Waals surface area contributed by atoms with Crippen LogP contribution in [0.1, 0.15) is 11.1 Å². The summed E-state index contributed by atoms with van der Waals surface area (Å²) < 4.78 is 0. The molecule has 2 nitrogen and oxygen atoms in total. The molecule has 0 aliphatic rings. The van der Waals surface area contributed by atoms with Crippen LogP contribution in [0.25, 0.3) is 43.1 Å². The highest BCUT2D eigenvalue weighted by Crippen LogP contribution is 2.30. The Bertz CT molecular complexity index is 1460. The van der Waals surface area contributed by atoms with E-state index in [1.807, 2.05) is 21.6 Å². The molecule has 0 aromatic heterocycles. The smallest absolute Gasteiger partial charge is 0.0218 e. The van der Waals surface area contributed by atoms with Crippen molar-refractivity contribution in [1.29, 1.82) is 0 Å². The maximum absolute atomic E-state index is 3.69. The van der Waals surface area contributed by atoms with E-state index < -0.39 is 0 Å². The quantitative estimate of drug-likeness (QED) is 0.0991. The number of benzene rings is 6. The summed E-state index contributed by atoms with van der Waals surface area (Å²) in [5, 5.41) is 18.1. The van der Waals surface area contributed by atoms with E-state index in [4.69, 9.17) is 0 Å². The molecule has 0 fully saturated rings. The largest absolute Gasteiger partial charge is 0.312 e. The average molecular weight is 533 g/mol. The highest BCUT2D eigenvalue weighted by molar-refractivity contribution is 8.76. The van der Waals surface area contributed by atoms with Crippen LogP contribution in [0.5, 0.6) is 0 Å². The molecule has 0 saturated heterocycles. The van der Waals surface area contributed by atoms with E-state index in [0.29, 0.717) is 0 Å². The van der Waals surface area contributed by atoms with Crippen molar-refractivity contribution < 1.29 is 0 Å².